The first-order valence-corrected chi connectivity index (χ1v) is 11.0. The van der Waals surface area contributed by atoms with Gasteiger partial charge in [0.2, 0.25) is 5.91 Å². The maximum atomic E-state index is 13.0. The highest BCUT2D eigenvalue weighted by atomic mass is 16.5. The maximum Gasteiger partial charge on any atom is 0.225 e. The van der Waals surface area contributed by atoms with E-state index in [1.54, 1.807) is 7.11 Å². The minimum absolute atomic E-state index is 0.154. The molecule has 6 nitrogen and oxygen atoms in total. The van der Waals surface area contributed by atoms with Crippen molar-refractivity contribution < 1.29 is 9.53 Å². The van der Waals surface area contributed by atoms with E-state index in [-0.39, 0.29) is 11.9 Å². The van der Waals surface area contributed by atoms with Crippen LogP contribution < -0.4 is 0 Å². The summed E-state index contributed by atoms with van der Waals surface area (Å²) < 4.78 is 7.15. The summed E-state index contributed by atoms with van der Waals surface area (Å²) in [5.41, 5.74) is 6.28. The molecule has 1 aromatic heterocycles. The van der Waals surface area contributed by atoms with Gasteiger partial charge in [-0.3, -0.25) is 14.4 Å². The Morgan fingerprint density at radius 3 is 2.60 bits per heavy atom. The number of benzene rings is 1. The molecule has 2 saturated heterocycles. The summed E-state index contributed by atoms with van der Waals surface area (Å²) in [6.45, 7) is 10.7. The normalized spacial score (nSPS) is 23.9. The number of carbonyl (C=O) groups is 1. The first kappa shape index (κ1) is 21.1. The molecule has 1 amide bonds. The average Bonchev–Trinajstić information content (AvgIpc) is 3.34. The van der Waals surface area contributed by atoms with Gasteiger partial charge in [0.25, 0.3) is 0 Å². The number of aryl methyl sites for hydroxylation is 3. The minimum atomic E-state index is 0.154. The number of nitrogens with zero attached hydrogens (tertiary/aromatic N) is 4. The Kier molecular flexibility index (Phi) is 5.98. The van der Waals surface area contributed by atoms with E-state index in [2.05, 4.69) is 59.9 Å². The predicted octanol–water partition coefficient (Wildman–Crippen LogP) is 3.01. The number of carbonyl (C=O) groups excluding carboxylic acids is 1. The number of hydrogen-bond donors (Lipinski definition) is 0. The fourth-order valence-electron chi connectivity index (χ4n) is 5.44. The number of aromatic nitrogens is 2. The molecule has 0 spiro atoms. The van der Waals surface area contributed by atoms with Gasteiger partial charge in [0, 0.05) is 57.5 Å². The van der Waals surface area contributed by atoms with E-state index in [0.29, 0.717) is 24.9 Å². The molecule has 0 radical (unpaired) electrons. The molecule has 0 saturated carbocycles. The number of rotatable bonds is 6. The van der Waals surface area contributed by atoms with Crippen molar-refractivity contribution in [2.75, 3.05) is 33.4 Å². The van der Waals surface area contributed by atoms with Crippen molar-refractivity contribution in [1.82, 2.24) is 19.6 Å². The number of ether oxygens (including phenoxy) is 1. The van der Waals surface area contributed by atoms with Crippen LogP contribution in [0.1, 0.15) is 40.5 Å². The molecule has 162 valence electrons. The number of hydrogen-bond acceptors (Lipinski definition) is 4. The second-order valence-corrected chi connectivity index (χ2v) is 8.98. The first-order chi connectivity index (χ1) is 14.4. The van der Waals surface area contributed by atoms with Crippen molar-refractivity contribution in [2.45, 2.75) is 39.8 Å². The Morgan fingerprint density at radius 2 is 1.93 bits per heavy atom. The van der Waals surface area contributed by atoms with Gasteiger partial charge in [0.05, 0.1) is 24.8 Å². The van der Waals surface area contributed by atoms with E-state index in [9.17, 15) is 4.79 Å². The molecular weight excluding hydrogens is 376 g/mol. The molecule has 2 aromatic rings. The standard InChI is InChI=1S/C24H34N4O2/c1-16-8-6-7-9-20(16)24-22-15-27(14-21-17(2)25-26(4)18(21)3)12-19(22)13-28(24)23(29)10-11-30-5/h6-9,19,22,24H,10-15H2,1-5H3/t19-,22-,24+/m0/s1. The fraction of sp³-hybridized carbons (Fsp3) is 0.583. The molecule has 2 aliphatic rings. The SMILES string of the molecule is COCCC(=O)N1C[C@@H]2CN(Cc3c(C)nn(C)c3C)C[C@@H]2[C@H]1c1ccccc1C. The van der Waals surface area contributed by atoms with Crippen molar-refractivity contribution in [3.8, 4) is 0 Å². The Bertz CT molecular complexity index is 922. The Balaban J connectivity index is 1.57. The summed E-state index contributed by atoms with van der Waals surface area (Å²) in [4.78, 5) is 17.7. The Morgan fingerprint density at radius 1 is 1.17 bits per heavy atom. The van der Waals surface area contributed by atoms with Crippen LogP contribution in [0.2, 0.25) is 0 Å². The smallest absolute Gasteiger partial charge is 0.225 e. The quantitative estimate of drug-likeness (QED) is 0.735. The van der Waals surface area contributed by atoms with Crippen LogP contribution in [0.3, 0.4) is 0 Å². The highest BCUT2D eigenvalue weighted by Gasteiger charge is 2.49. The third-order valence-electron chi connectivity index (χ3n) is 7.13. The van der Waals surface area contributed by atoms with E-state index < -0.39 is 0 Å². The van der Waals surface area contributed by atoms with E-state index in [4.69, 9.17) is 4.74 Å². The zero-order valence-corrected chi connectivity index (χ0v) is 18.9. The number of amides is 1. The Labute approximate surface area is 179 Å². The second kappa shape index (κ2) is 8.52. The molecule has 3 atom stereocenters. The van der Waals surface area contributed by atoms with E-state index in [0.717, 1.165) is 31.9 Å². The molecule has 6 heteroatoms. The third-order valence-corrected chi connectivity index (χ3v) is 7.13. The second-order valence-electron chi connectivity index (χ2n) is 8.98. The lowest BCUT2D eigenvalue weighted by molar-refractivity contribution is -0.133. The van der Waals surface area contributed by atoms with Gasteiger partial charge in [0.1, 0.15) is 0 Å². The highest BCUT2D eigenvalue weighted by molar-refractivity contribution is 5.77. The molecule has 0 aliphatic carbocycles. The number of fused-ring (bicyclic) bond motifs is 1. The van der Waals surface area contributed by atoms with Crippen molar-refractivity contribution in [3.05, 3.63) is 52.3 Å². The van der Waals surface area contributed by atoms with E-state index in [1.807, 2.05) is 11.7 Å². The Hall–Kier alpha value is -2.18. The van der Waals surface area contributed by atoms with Gasteiger partial charge in [-0.1, -0.05) is 24.3 Å². The molecule has 0 bridgehead atoms. The summed E-state index contributed by atoms with van der Waals surface area (Å²) >= 11 is 0. The highest BCUT2D eigenvalue weighted by Crippen LogP contribution is 2.46. The van der Waals surface area contributed by atoms with Gasteiger partial charge in [0.15, 0.2) is 0 Å². The van der Waals surface area contributed by atoms with Crippen molar-refractivity contribution in [1.29, 1.82) is 0 Å². The lowest BCUT2D eigenvalue weighted by Crippen LogP contribution is -2.36. The van der Waals surface area contributed by atoms with Gasteiger partial charge in [-0.2, -0.15) is 5.10 Å². The molecule has 1 aromatic carbocycles. The molecule has 30 heavy (non-hydrogen) atoms. The molecule has 2 fully saturated rings. The topological polar surface area (TPSA) is 50.6 Å². The number of methoxy groups -OCH3 is 1. The summed E-state index contributed by atoms with van der Waals surface area (Å²) in [5, 5.41) is 4.59. The van der Waals surface area contributed by atoms with E-state index in [1.165, 1.54) is 22.4 Å². The van der Waals surface area contributed by atoms with Crippen molar-refractivity contribution in [3.63, 3.8) is 0 Å². The van der Waals surface area contributed by atoms with Gasteiger partial charge >= 0.3 is 0 Å². The van der Waals surface area contributed by atoms with Crippen LogP contribution in [0.25, 0.3) is 0 Å². The minimum Gasteiger partial charge on any atom is -0.384 e. The van der Waals surface area contributed by atoms with Crippen LogP contribution in [0, 0.1) is 32.6 Å². The lowest BCUT2D eigenvalue weighted by Gasteiger charge is -2.31. The molecule has 0 unspecified atom stereocenters. The lowest BCUT2D eigenvalue weighted by atomic mass is 9.87. The van der Waals surface area contributed by atoms with Gasteiger partial charge in [-0.25, -0.2) is 0 Å². The molecule has 2 aliphatic heterocycles. The third kappa shape index (κ3) is 3.79. The van der Waals surface area contributed by atoms with Crippen LogP contribution in [0.5, 0.6) is 0 Å². The predicted molar refractivity (Wildman–Crippen MR) is 117 cm³/mol. The summed E-state index contributed by atoms with van der Waals surface area (Å²) in [6.07, 6.45) is 0.454. The molecular formula is C24H34N4O2. The average molecular weight is 411 g/mol. The van der Waals surface area contributed by atoms with Crippen LogP contribution in [0.4, 0.5) is 0 Å². The van der Waals surface area contributed by atoms with Crippen LogP contribution >= 0.6 is 0 Å². The summed E-state index contributed by atoms with van der Waals surface area (Å²) in [7, 11) is 3.67. The monoisotopic (exact) mass is 410 g/mol. The summed E-state index contributed by atoms with van der Waals surface area (Å²) in [6, 6.07) is 8.70. The van der Waals surface area contributed by atoms with Crippen LogP contribution in [-0.2, 0) is 23.1 Å². The molecule has 4 rings (SSSR count). The zero-order chi connectivity index (χ0) is 21.4. The van der Waals surface area contributed by atoms with Crippen LogP contribution in [-0.4, -0.2) is 58.8 Å². The largest absolute Gasteiger partial charge is 0.384 e. The van der Waals surface area contributed by atoms with Crippen molar-refractivity contribution in [2.24, 2.45) is 18.9 Å². The molecule has 0 N–H and O–H groups in total. The first-order valence-electron chi connectivity index (χ1n) is 11.0. The van der Waals surface area contributed by atoms with Crippen molar-refractivity contribution >= 4 is 5.91 Å². The molecule has 3 heterocycles. The zero-order valence-electron chi connectivity index (χ0n) is 18.9. The summed E-state index contributed by atoms with van der Waals surface area (Å²) in [5.74, 6) is 1.19. The number of likely N-dealkylation sites (tertiary alicyclic amines) is 2. The fourth-order valence-corrected chi connectivity index (χ4v) is 5.44. The maximum absolute atomic E-state index is 13.0. The van der Waals surface area contributed by atoms with Gasteiger partial charge in [-0.05, 0) is 37.8 Å². The van der Waals surface area contributed by atoms with Crippen LogP contribution in [0.15, 0.2) is 24.3 Å². The van der Waals surface area contributed by atoms with Gasteiger partial charge in [-0.15, -0.1) is 0 Å². The van der Waals surface area contributed by atoms with Gasteiger partial charge < -0.3 is 9.64 Å². The van der Waals surface area contributed by atoms with E-state index >= 15 is 0 Å².